The van der Waals surface area contributed by atoms with Gasteiger partial charge in [0.25, 0.3) is 0 Å². The van der Waals surface area contributed by atoms with Gasteiger partial charge in [0, 0.05) is 26.2 Å². The van der Waals surface area contributed by atoms with E-state index >= 15 is 0 Å². The van der Waals surface area contributed by atoms with Gasteiger partial charge in [-0.05, 0) is 25.7 Å². The van der Waals surface area contributed by atoms with Crippen molar-refractivity contribution in [2.24, 2.45) is 0 Å². The van der Waals surface area contributed by atoms with Crippen LogP contribution in [0.5, 0.6) is 0 Å². The fourth-order valence-electron chi connectivity index (χ4n) is 8.82. The van der Waals surface area contributed by atoms with Gasteiger partial charge in [0.05, 0.1) is 0 Å². The Hall–Kier alpha value is -2.34. The van der Waals surface area contributed by atoms with Gasteiger partial charge >= 0.3 is 0 Å². The van der Waals surface area contributed by atoms with Crippen LogP contribution >= 0.6 is 0 Å². The normalized spacial score (nSPS) is 11.2. The quantitative estimate of drug-likeness (QED) is 0.0609. The standard InChI is InChI=1S/C54H100N6/c1-5-9-13-17-21-25-29-33-37-41-45-59(46-42-38-34-30-26-22-18-14-10-6-2)53-51(49-55)58-54(52(50-56)57-53)60(47-43-39-35-31-27-23-19-15-11-7-3)48-44-40-36-32-28-24-20-16-12-8-4/h5-48H2,1-4H3. The van der Waals surface area contributed by atoms with Crippen molar-refractivity contribution in [2.45, 2.75) is 285 Å². The zero-order valence-electron chi connectivity index (χ0n) is 40.8. The van der Waals surface area contributed by atoms with E-state index in [0.717, 1.165) is 51.9 Å². The van der Waals surface area contributed by atoms with Gasteiger partial charge < -0.3 is 9.80 Å². The third-order valence-corrected chi connectivity index (χ3v) is 12.8. The highest BCUT2D eigenvalue weighted by Crippen LogP contribution is 2.26. The number of aromatic nitrogens is 2. The maximum absolute atomic E-state index is 10.6. The van der Waals surface area contributed by atoms with E-state index in [1.54, 1.807) is 0 Å². The molecule has 0 saturated carbocycles. The lowest BCUT2D eigenvalue weighted by Crippen LogP contribution is -2.31. The molecule has 60 heavy (non-hydrogen) atoms. The maximum Gasteiger partial charge on any atom is 0.185 e. The predicted molar refractivity (Wildman–Crippen MR) is 263 cm³/mol. The zero-order valence-corrected chi connectivity index (χ0v) is 40.8. The van der Waals surface area contributed by atoms with Crippen LogP contribution < -0.4 is 9.80 Å². The smallest absolute Gasteiger partial charge is 0.185 e. The number of nitrogens with zero attached hydrogens (tertiary/aromatic N) is 6. The van der Waals surface area contributed by atoms with Crippen molar-refractivity contribution < 1.29 is 0 Å². The molecule has 1 rings (SSSR count). The molecule has 0 bridgehead atoms. The van der Waals surface area contributed by atoms with E-state index in [9.17, 15) is 10.5 Å². The van der Waals surface area contributed by atoms with Crippen LogP contribution in [0.4, 0.5) is 11.6 Å². The summed E-state index contributed by atoms with van der Waals surface area (Å²) in [7, 11) is 0. The minimum Gasteiger partial charge on any atom is -0.354 e. The van der Waals surface area contributed by atoms with Crippen molar-refractivity contribution in [3.05, 3.63) is 11.4 Å². The summed E-state index contributed by atoms with van der Waals surface area (Å²) in [5.41, 5.74) is 0.804. The predicted octanol–water partition coefficient (Wildman–Crippen LogP) is 17.5. The van der Waals surface area contributed by atoms with Crippen molar-refractivity contribution in [3.8, 4) is 12.1 Å². The maximum atomic E-state index is 10.6. The number of nitriles is 2. The Morgan fingerprint density at radius 2 is 0.450 bits per heavy atom. The molecule has 1 aromatic rings. The molecule has 1 aromatic heterocycles. The Bertz CT molecular complexity index is 1020. The van der Waals surface area contributed by atoms with Crippen LogP contribution in [0.25, 0.3) is 0 Å². The average Bonchev–Trinajstić information content (AvgIpc) is 3.27. The largest absolute Gasteiger partial charge is 0.354 e. The van der Waals surface area contributed by atoms with Crippen LogP contribution in [0.3, 0.4) is 0 Å². The minimum absolute atomic E-state index is 0.402. The summed E-state index contributed by atoms with van der Waals surface area (Å²) < 4.78 is 0. The SMILES string of the molecule is CCCCCCCCCCCCN(CCCCCCCCCCCC)c1nc(C#N)c(N(CCCCCCCCCCCC)CCCCCCCCCCCC)nc1C#N. The third-order valence-electron chi connectivity index (χ3n) is 12.8. The Morgan fingerprint density at radius 3 is 0.617 bits per heavy atom. The molecule has 0 spiro atoms. The van der Waals surface area contributed by atoms with Crippen LogP contribution in [0.15, 0.2) is 0 Å². The van der Waals surface area contributed by atoms with E-state index < -0.39 is 0 Å². The molecule has 1 heterocycles. The van der Waals surface area contributed by atoms with Crippen molar-refractivity contribution in [1.29, 1.82) is 10.5 Å². The topological polar surface area (TPSA) is 79.8 Å². The number of unbranched alkanes of at least 4 members (excludes halogenated alkanes) is 36. The Balaban J connectivity index is 3.01. The monoisotopic (exact) mass is 833 g/mol. The third kappa shape index (κ3) is 30.6. The van der Waals surface area contributed by atoms with Gasteiger partial charge in [-0.1, -0.05) is 259 Å². The van der Waals surface area contributed by atoms with Gasteiger partial charge in [0.2, 0.25) is 0 Å². The zero-order chi connectivity index (χ0) is 43.4. The van der Waals surface area contributed by atoms with E-state index in [1.165, 1.54) is 231 Å². The molecule has 0 aromatic carbocycles. The van der Waals surface area contributed by atoms with Gasteiger partial charge in [0.15, 0.2) is 23.0 Å². The van der Waals surface area contributed by atoms with E-state index in [0.29, 0.717) is 23.0 Å². The van der Waals surface area contributed by atoms with E-state index in [4.69, 9.17) is 9.97 Å². The summed E-state index contributed by atoms with van der Waals surface area (Å²) in [5.74, 6) is 1.28. The lowest BCUT2D eigenvalue weighted by Gasteiger charge is -2.28. The highest BCUT2D eigenvalue weighted by Gasteiger charge is 2.22. The number of hydrogen-bond donors (Lipinski definition) is 0. The van der Waals surface area contributed by atoms with Gasteiger partial charge in [-0.2, -0.15) is 10.5 Å². The molecule has 0 N–H and O–H groups in total. The van der Waals surface area contributed by atoms with Crippen LogP contribution in [-0.2, 0) is 0 Å². The highest BCUT2D eigenvalue weighted by molar-refractivity contribution is 5.60. The van der Waals surface area contributed by atoms with Crippen LogP contribution in [0.2, 0.25) is 0 Å². The number of hydrogen-bond acceptors (Lipinski definition) is 6. The molecule has 0 unspecified atom stereocenters. The molecule has 6 nitrogen and oxygen atoms in total. The molecule has 0 saturated heterocycles. The van der Waals surface area contributed by atoms with Gasteiger partial charge in [-0.25, -0.2) is 9.97 Å². The van der Waals surface area contributed by atoms with Gasteiger partial charge in [0.1, 0.15) is 12.1 Å². The average molecular weight is 833 g/mol. The summed E-state index contributed by atoms with van der Waals surface area (Å²) in [6.45, 7) is 12.7. The van der Waals surface area contributed by atoms with Crippen LogP contribution in [-0.4, -0.2) is 36.1 Å². The minimum atomic E-state index is 0.402. The van der Waals surface area contributed by atoms with Crippen molar-refractivity contribution in [1.82, 2.24) is 9.97 Å². The molecule has 0 amide bonds. The van der Waals surface area contributed by atoms with Crippen LogP contribution in [0, 0.1) is 22.7 Å². The number of rotatable bonds is 46. The second-order valence-corrected chi connectivity index (χ2v) is 18.5. The van der Waals surface area contributed by atoms with Crippen molar-refractivity contribution in [3.63, 3.8) is 0 Å². The molecular formula is C54H100N6. The first-order valence-corrected chi connectivity index (χ1v) is 26.9. The number of anilines is 2. The van der Waals surface area contributed by atoms with Crippen molar-refractivity contribution >= 4 is 11.6 Å². The Kier molecular flexibility index (Phi) is 40.2. The molecular weight excluding hydrogens is 733 g/mol. The first kappa shape index (κ1) is 55.7. The summed E-state index contributed by atoms with van der Waals surface area (Å²) in [6.07, 6.45) is 52.1. The fraction of sp³-hybridized carbons (Fsp3) is 0.889. The molecule has 0 atom stereocenters. The lowest BCUT2D eigenvalue weighted by molar-refractivity contribution is 0.540. The van der Waals surface area contributed by atoms with E-state index in [2.05, 4.69) is 49.6 Å². The first-order chi connectivity index (χ1) is 29.7. The molecule has 0 aliphatic rings. The van der Waals surface area contributed by atoms with Gasteiger partial charge in [-0.3, -0.25) is 0 Å². The Labute approximate surface area is 374 Å². The van der Waals surface area contributed by atoms with Crippen LogP contribution in [0.1, 0.15) is 296 Å². The molecule has 0 aliphatic carbocycles. The summed E-state index contributed by atoms with van der Waals surface area (Å²) in [5, 5.41) is 21.2. The summed E-state index contributed by atoms with van der Waals surface area (Å²) >= 11 is 0. The summed E-state index contributed by atoms with van der Waals surface area (Å²) in [4.78, 5) is 14.7. The molecule has 0 radical (unpaired) electrons. The molecule has 346 valence electrons. The first-order valence-electron chi connectivity index (χ1n) is 26.9. The van der Waals surface area contributed by atoms with Gasteiger partial charge in [-0.15, -0.1) is 0 Å². The second-order valence-electron chi connectivity index (χ2n) is 18.5. The highest BCUT2D eigenvalue weighted by atomic mass is 15.2. The lowest BCUT2D eigenvalue weighted by atomic mass is 10.1. The second kappa shape index (κ2) is 43.3. The van der Waals surface area contributed by atoms with E-state index in [-0.39, 0.29) is 0 Å². The molecule has 0 aliphatic heterocycles. The van der Waals surface area contributed by atoms with E-state index in [1.807, 2.05) is 0 Å². The van der Waals surface area contributed by atoms with Crippen molar-refractivity contribution in [2.75, 3.05) is 36.0 Å². The molecule has 0 fully saturated rings. The fourth-order valence-corrected chi connectivity index (χ4v) is 8.82. The Morgan fingerprint density at radius 1 is 0.283 bits per heavy atom. The molecule has 6 heteroatoms. The summed E-state index contributed by atoms with van der Waals surface area (Å²) in [6, 6.07) is 4.93.